The van der Waals surface area contributed by atoms with Gasteiger partial charge in [0.1, 0.15) is 0 Å². The Labute approximate surface area is 116 Å². The van der Waals surface area contributed by atoms with E-state index < -0.39 is 0 Å². The lowest BCUT2D eigenvalue weighted by Crippen LogP contribution is -2.30. The standard InChI is InChI=1S/C16H23N3/c1-13(2)19-8-7-16(12-19)11-18-10-15-5-3-14(9-17)4-6-15/h3-6,13,16,18H,7-8,10-12H2,1-2H3. The molecule has 1 aliphatic heterocycles. The van der Waals surface area contributed by atoms with Crippen LogP contribution in [-0.4, -0.2) is 30.6 Å². The van der Waals surface area contributed by atoms with Crippen molar-refractivity contribution < 1.29 is 0 Å². The first-order chi connectivity index (χ1) is 9.19. The third-order valence-corrected chi connectivity index (χ3v) is 3.89. The summed E-state index contributed by atoms with van der Waals surface area (Å²) < 4.78 is 0. The molecule has 102 valence electrons. The quantitative estimate of drug-likeness (QED) is 0.880. The number of hydrogen-bond donors (Lipinski definition) is 1. The summed E-state index contributed by atoms with van der Waals surface area (Å²) in [7, 11) is 0. The van der Waals surface area contributed by atoms with Gasteiger partial charge in [-0.1, -0.05) is 12.1 Å². The van der Waals surface area contributed by atoms with Crippen LogP contribution >= 0.6 is 0 Å². The Morgan fingerprint density at radius 3 is 2.68 bits per heavy atom. The van der Waals surface area contributed by atoms with Gasteiger partial charge in [-0.25, -0.2) is 0 Å². The molecular formula is C16H23N3. The molecule has 1 heterocycles. The first-order valence-electron chi connectivity index (χ1n) is 7.13. The van der Waals surface area contributed by atoms with Crippen molar-refractivity contribution >= 4 is 0 Å². The van der Waals surface area contributed by atoms with E-state index in [4.69, 9.17) is 5.26 Å². The first kappa shape index (κ1) is 14.0. The molecule has 0 saturated carbocycles. The van der Waals surface area contributed by atoms with Gasteiger partial charge in [0.15, 0.2) is 0 Å². The van der Waals surface area contributed by atoms with E-state index in [9.17, 15) is 0 Å². The number of hydrogen-bond acceptors (Lipinski definition) is 3. The van der Waals surface area contributed by atoms with Gasteiger partial charge < -0.3 is 10.2 Å². The van der Waals surface area contributed by atoms with Crippen LogP contribution in [0, 0.1) is 17.2 Å². The maximum Gasteiger partial charge on any atom is 0.0991 e. The second-order valence-electron chi connectivity index (χ2n) is 5.68. The van der Waals surface area contributed by atoms with E-state index in [0.29, 0.717) is 6.04 Å². The van der Waals surface area contributed by atoms with Gasteiger partial charge in [0, 0.05) is 19.1 Å². The number of benzene rings is 1. The van der Waals surface area contributed by atoms with E-state index in [0.717, 1.165) is 24.6 Å². The SMILES string of the molecule is CC(C)N1CCC(CNCc2ccc(C#N)cc2)C1. The summed E-state index contributed by atoms with van der Waals surface area (Å²) in [6.45, 7) is 8.98. The van der Waals surface area contributed by atoms with E-state index in [1.165, 1.54) is 25.1 Å². The molecule has 0 amide bonds. The van der Waals surface area contributed by atoms with Crippen molar-refractivity contribution in [3.05, 3.63) is 35.4 Å². The Kier molecular flexibility index (Phi) is 4.95. The Balaban J connectivity index is 1.71. The molecule has 2 rings (SSSR count). The van der Waals surface area contributed by atoms with Crippen LogP contribution in [-0.2, 0) is 6.54 Å². The summed E-state index contributed by atoms with van der Waals surface area (Å²) >= 11 is 0. The largest absolute Gasteiger partial charge is 0.312 e. The lowest BCUT2D eigenvalue weighted by molar-refractivity contribution is 0.264. The highest BCUT2D eigenvalue weighted by Crippen LogP contribution is 2.17. The third-order valence-electron chi connectivity index (χ3n) is 3.89. The van der Waals surface area contributed by atoms with Crippen molar-refractivity contribution in [3.8, 4) is 6.07 Å². The predicted molar refractivity (Wildman–Crippen MR) is 77.7 cm³/mol. The average Bonchev–Trinajstić information content (AvgIpc) is 2.89. The second kappa shape index (κ2) is 6.70. The van der Waals surface area contributed by atoms with Crippen LogP contribution in [0.5, 0.6) is 0 Å². The summed E-state index contributed by atoms with van der Waals surface area (Å²) in [5, 5.41) is 12.3. The second-order valence-corrected chi connectivity index (χ2v) is 5.68. The molecule has 0 bridgehead atoms. The van der Waals surface area contributed by atoms with Crippen LogP contribution in [0.3, 0.4) is 0 Å². The summed E-state index contributed by atoms with van der Waals surface area (Å²) in [4.78, 5) is 2.55. The fourth-order valence-corrected chi connectivity index (χ4v) is 2.62. The van der Waals surface area contributed by atoms with E-state index in [2.05, 4.69) is 30.1 Å². The topological polar surface area (TPSA) is 39.1 Å². The van der Waals surface area contributed by atoms with Gasteiger partial charge in [-0.3, -0.25) is 0 Å². The fourth-order valence-electron chi connectivity index (χ4n) is 2.62. The molecule has 1 fully saturated rings. The molecule has 1 saturated heterocycles. The summed E-state index contributed by atoms with van der Waals surface area (Å²) in [6, 6.07) is 10.6. The third kappa shape index (κ3) is 4.05. The zero-order valence-corrected chi connectivity index (χ0v) is 11.9. The van der Waals surface area contributed by atoms with Gasteiger partial charge in [0.05, 0.1) is 11.6 Å². The molecule has 1 aromatic carbocycles. The molecular weight excluding hydrogens is 234 g/mol. The Morgan fingerprint density at radius 2 is 2.11 bits per heavy atom. The molecule has 0 spiro atoms. The Hall–Kier alpha value is -1.37. The van der Waals surface area contributed by atoms with E-state index >= 15 is 0 Å². The van der Waals surface area contributed by atoms with Crippen LogP contribution in [0.2, 0.25) is 0 Å². The van der Waals surface area contributed by atoms with Gasteiger partial charge in [-0.2, -0.15) is 5.26 Å². The van der Waals surface area contributed by atoms with E-state index in [1.54, 1.807) is 0 Å². The highest BCUT2D eigenvalue weighted by molar-refractivity contribution is 5.31. The van der Waals surface area contributed by atoms with Crippen molar-refractivity contribution in [3.63, 3.8) is 0 Å². The van der Waals surface area contributed by atoms with Crippen LogP contribution in [0.4, 0.5) is 0 Å². The Morgan fingerprint density at radius 1 is 1.37 bits per heavy atom. The Bertz CT molecular complexity index is 430. The number of nitriles is 1. The summed E-state index contributed by atoms with van der Waals surface area (Å²) in [5.41, 5.74) is 1.98. The van der Waals surface area contributed by atoms with Crippen LogP contribution in [0.1, 0.15) is 31.4 Å². The van der Waals surface area contributed by atoms with Crippen molar-refractivity contribution in [2.24, 2.45) is 5.92 Å². The highest BCUT2D eigenvalue weighted by Gasteiger charge is 2.23. The molecule has 1 unspecified atom stereocenters. The number of rotatable bonds is 5. The van der Waals surface area contributed by atoms with Gasteiger partial charge in [-0.15, -0.1) is 0 Å². The molecule has 1 atom stereocenters. The minimum Gasteiger partial charge on any atom is -0.312 e. The molecule has 19 heavy (non-hydrogen) atoms. The van der Waals surface area contributed by atoms with E-state index in [-0.39, 0.29) is 0 Å². The molecule has 3 heteroatoms. The van der Waals surface area contributed by atoms with Crippen molar-refractivity contribution in [1.82, 2.24) is 10.2 Å². The monoisotopic (exact) mass is 257 g/mol. The van der Waals surface area contributed by atoms with Gasteiger partial charge in [-0.05, 0) is 57.0 Å². The minimum atomic E-state index is 0.670. The van der Waals surface area contributed by atoms with Crippen LogP contribution in [0.15, 0.2) is 24.3 Å². The average molecular weight is 257 g/mol. The van der Waals surface area contributed by atoms with Crippen LogP contribution in [0.25, 0.3) is 0 Å². The maximum absolute atomic E-state index is 8.75. The van der Waals surface area contributed by atoms with Gasteiger partial charge in [0.2, 0.25) is 0 Å². The summed E-state index contributed by atoms with van der Waals surface area (Å²) in [5.74, 6) is 0.779. The number of nitrogens with one attached hydrogen (secondary N) is 1. The van der Waals surface area contributed by atoms with Crippen molar-refractivity contribution in [2.75, 3.05) is 19.6 Å². The van der Waals surface area contributed by atoms with Crippen molar-refractivity contribution in [1.29, 1.82) is 5.26 Å². The molecule has 3 nitrogen and oxygen atoms in total. The molecule has 1 aliphatic rings. The highest BCUT2D eigenvalue weighted by atomic mass is 15.2. The molecule has 0 aromatic heterocycles. The number of likely N-dealkylation sites (tertiary alicyclic amines) is 1. The zero-order chi connectivity index (χ0) is 13.7. The lowest BCUT2D eigenvalue weighted by Gasteiger charge is -2.20. The minimum absolute atomic E-state index is 0.670. The maximum atomic E-state index is 8.75. The van der Waals surface area contributed by atoms with Gasteiger partial charge >= 0.3 is 0 Å². The van der Waals surface area contributed by atoms with Crippen LogP contribution < -0.4 is 5.32 Å². The number of nitrogens with zero attached hydrogens (tertiary/aromatic N) is 2. The van der Waals surface area contributed by atoms with Gasteiger partial charge in [0.25, 0.3) is 0 Å². The molecule has 1 aromatic rings. The molecule has 0 aliphatic carbocycles. The first-order valence-corrected chi connectivity index (χ1v) is 7.13. The van der Waals surface area contributed by atoms with E-state index in [1.807, 2.05) is 24.3 Å². The predicted octanol–water partition coefficient (Wildman–Crippen LogP) is 2.38. The zero-order valence-electron chi connectivity index (χ0n) is 11.9. The molecule has 0 radical (unpaired) electrons. The summed E-state index contributed by atoms with van der Waals surface area (Å²) in [6.07, 6.45) is 1.30. The lowest BCUT2D eigenvalue weighted by atomic mass is 10.1. The molecule has 1 N–H and O–H groups in total. The van der Waals surface area contributed by atoms with Crippen molar-refractivity contribution in [2.45, 2.75) is 32.9 Å². The fraction of sp³-hybridized carbons (Fsp3) is 0.562. The smallest absolute Gasteiger partial charge is 0.0991 e. The normalized spacial score (nSPS) is 19.8.